The third-order valence-electron chi connectivity index (χ3n) is 7.45. The van der Waals surface area contributed by atoms with E-state index in [0.717, 1.165) is 24.3 Å². The molecule has 0 radical (unpaired) electrons. The average molecular weight is 663 g/mol. The molecule has 16 heteroatoms. The van der Waals surface area contributed by atoms with Crippen LogP contribution in [-0.4, -0.2) is 77.5 Å². The zero-order chi connectivity index (χ0) is 32.7. The Bertz CT molecular complexity index is 1430. The molecular formula is C28H36F2N2O10S2. The molecule has 2 saturated heterocycles. The molecule has 2 aliphatic heterocycles. The molecule has 0 saturated carbocycles. The molecule has 2 aromatic carbocycles. The third kappa shape index (κ3) is 9.49. The summed E-state index contributed by atoms with van der Waals surface area (Å²) < 4.78 is 90.6. The van der Waals surface area contributed by atoms with Crippen LogP contribution in [-0.2, 0) is 39.1 Å². The van der Waals surface area contributed by atoms with Crippen molar-refractivity contribution >= 4 is 32.0 Å². The fourth-order valence-electron chi connectivity index (χ4n) is 4.83. The van der Waals surface area contributed by atoms with Gasteiger partial charge in [-0.3, -0.25) is 9.59 Å². The lowest BCUT2D eigenvalue weighted by Gasteiger charge is -2.28. The minimum atomic E-state index is -4.03. The van der Waals surface area contributed by atoms with Gasteiger partial charge in [0.15, 0.2) is 0 Å². The van der Waals surface area contributed by atoms with Crippen molar-refractivity contribution in [1.29, 1.82) is 0 Å². The summed E-state index contributed by atoms with van der Waals surface area (Å²) in [6.07, 6.45) is 1.90. The van der Waals surface area contributed by atoms with Crippen molar-refractivity contribution in [2.45, 2.75) is 61.4 Å². The van der Waals surface area contributed by atoms with Crippen LogP contribution in [0.4, 0.5) is 8.78 Å². The number of hydrogen-bond donors (Lipinski definition) is 4. The predicted molar refractivity (Wildman–Crippen MR) is 153 cm³/mol. The fraction of sp³-hybridized carbons (Fsp3) is 0.500. The van der Waals surface area contributed by atoms with Crippen molar-refractivity contribution in [3.63, 3.8) is 0 Å². The van der Waals surface area contributed by atoms with Gasteiger partial charge in [-0.2, -0.15) is 9.44 Å². The summed E-state index contributed by atoms with van der Waals surface area (Å²) in [7, 11) is -8.06. The van der Waals surface area contributed by atoms with Gasteiger partial charge in [-0.25, -0.2) is 25.6 Å². The Labute approximate surface area is 254 Å². The first kappa shape index (κ1) is 35.5. The zero-order valence-corrected chi connectivity index (χ0v) is 25.8. The molecule has 2 aromatic rings. The Morgan fingerprint density at radius 2 is 1.02 bits per heavy atom. The number of rotatable bonds is 10. The normalized spacial score (nSPS) is 18.1. The van der Waals surface area contributed by atoms with Crippen LogP contribution in [0.3, 0.4) is 0 Å². The van der Waals surface area contributed by atoms with Gasteiger partial charge >= 0.3 is 11.9 Å². The number of sulfonamides is 2. The van der Waals surface area contributed by atoms with E-state index in [1.165, 1.54) is 26.0 Å². The number of carboxylic acid groups (broad SMARTS) is 2. The van der Waals surface area contributed by atoms with E-state index in [0.29, 0.717) is 52.1 Å². The monoisotopic (exact) mass is 662 g/mol. The lowest BCUT2D eigenvalue weighted by atomic mass is 9.92. The van der Waals surface area contributed by atoms with E-state index in [1.54, 1.807) is 0 Å². The Balaban J connectivity index is 0.000000240. The van der Waals surface area contributed by atoms with Crippen molar-refractivity contribution < 1.29 is 54.9 Å². The SMILES string of the molecule is Cc1cc(S(=O)(=O)N[C@@H](C(=O)O)C2CCOCC2)ccc1F.Cc1cc(S(=O)(=O)N[C@@H](C(=O)O)C2CCOCC2)ccc1F. The van der Waals surface area contributed by atoms with Gasteiger partial charge in [-0.1, -0.05) is 0 Å². The van der Waals surface area contributed by atoms with Gasteiger partial charge in [-0.15, -0.1) is 0 Å². The van der Waals surface area contributed by atoms with E-state index in [4.69, 9.17) is 9.47 Å². The third-order valence-corrected chi connectivity index (χ3v) is 10.3. The molecule has 0 unspecified atom stereocenters. The molecule has 2 heterocycles. The highest BCUT2D eigenvalue weighted by Gasteiger charge is 2.35. The van der Waals surface area contributed by atoms with Crippen molar-refractivity contribution in [2.24, 2.45) is 11.8 Å². The molecular weight excluding hydrogens is 626 g/mol. The molecule has 2 fully saturated rings. The van der Waals surface area contributed by atoms with Gasteiger partial charge in [0, 0.05) is 26.4 Å². The number of nitrogens with one attached hydrogen (secondary N) is 2. The van der Waals surface area contributed by atoms with Crippen molar-refractivity contribution in [1.82, 2.24) is 9.44 Å². The van der Waals surface area contributed by atoms with E-state index in [9.17, 15) is 45.4 Å². The first-order valence-corrected chi connectivity index (χ1v) is 16.8. The Kier molecular flexibility index (Phi) is 12.3. The standard InChI is InChI=1S/2C14H18FNO5S/c2*1-9-8-11(2-3-12(9)15)22(19,20)16-13(14(17)18)10-4-6-21-7-5-10/h2*2-3,8,10,13,16H,4-7H2,1H3,(H,17,18)/t2*13-/m11/s1. The van der Waals surface area contributed by atoms with E-state index in [2.05, 4.69) is 9.44 Å². The molecule has 4 N–H and O–H groups in total. The quantitative estimate of drug-likeness (QED) is 0.295. The lowest BCUT2D eigenvalue weighted by molar-refractivity contribution is -0.142. The summed E-state index contributed by atoms with van der Waals surface area (Å²) in [5.41, 5.74) is 0.363. The topological polar surface area (TPSA) is 185 Å². The summed E-state index contributed by atoms with van der Waals surface area (Å²) in [6, 6.07) is 4.25. The molecule has 0 aromatic heterocycles. The van der Waals surface area contributed by atoms with Gasteiger partial charge in [0.2, 0.25) is 20.0 Å². The summed E-state index contributed by atoms with van der Waals surface area (Å²) in [5, 5.41) is 18.6. The van der Waals surface area contributed by atoms with Crippen molar-refractivity contribution in [3.05, 3.63) is 59.2 Å². The van der Waals surface area contributed by atoms with Crippen LogP contribution >= 0.6 is 0 Å². The molecule has 2 aliphatic rings. The first-order chi connectivity index (χ1) is 20.6. The van der Waals surface area contributed by atoms with Crippen LogP contribution < -0.4 is 9.44 Å². The Morgan fingerprint density at radius 1 is 0.705 bits per heavy atom. The largest absolute Gasteiger partial charge is 0.480 e. The number of aryl methyl sites for hydroxylation is 2. The molecule has 4 rings (SSSR count). The van der Waals surface area contributed by atoms with Crippen molar-refractivity contribution in [3.8, 4) is 0 Å². The highest BCUT2D eigenvalue weighted by atomic mass is 32.2. The van der Waals surface area contributed by atoms with Crippen molar-refractivity contribution in [2.75, 3.05) is 26.4 Å². The maximum Gasteiger partial charge on any atom is 0.322 e. The minimum absolute atomic E-state index is 0.148. The second-order valence-electron chi connectivity index (χ2n) is 10.6. The van der Waals surface area contributed by atoms with Crippen LogP contribution in [0.5, 0.6) is 0 Å². The minimum Gasteiger partial charge on any atom is -0.480 e. The number of benzene rings is 2. The maximum atomic E-state index is 13.2. The summed E-state index contributed by atoms with van der Waals surface area (Å²) >= 11 is 0. The van der Waals surface area contributed by atoms with E-state index in [1.807, 2.05) is 0 Å². The van der Waals surface area contributed by atoms with Crippen LogP contribution in [0.25, 0.3) is 0 Å². The number of carbonyl (C=O) groups is 2. The molecule has 44 heavy (non-hydrogen) atoms. The van der Waals surface area contributed by atoms with Crippen LogP contribution in [0.15, 0.2) is 46.2 Å². The zero-order valence-electron chi connectivity index (χ0n) is 24.2. The first-order valence-electron chi connectivity index (χ1n) is 13.8. The highest BCUT2D eigenvalue weighted by Crippen LogP contribution is 2.23. The summed E-state index contributed by atoms with van der Waals surface area (Å²) in [6.45, 7) is 4.53. The van der Waals surface area contributed by atoms with E-state index in [-0.39, 0.29) is 32.8 Å². The van der Waals surface area contributed by atoms with Gasteiger partial charge in [-0.05, 0) is 98.9 Å². The highest BCUT2D eigenvalue weighted by molar-refractivity contribution is 7.89. The van der Waals surface area contributed by atoms with Crippen LogP contribution in [0.2, 0.25) is 0 Å². The second-order valence-corrected chi connectivity index (χ2v) is 14.0. The fourth-order valence-corrected chi connectivity index (χ4v) is 7.52. The Morgan fingerprint density at radius 3 is 1.30 bits per heavy atom. The molecule has 244 valence electrons. The predicted octanol–water partition coefficient (Wildman–Crippen LogP) is 2.58. The van der Waals surface area contributed by atoms with Gasteiger partial charge in [0.05, 0.1) is 9.79 Å². The number of ether oxygens (including phenoxy) is 2. The smallest absolute Gasteiger partial charge is 0.322 e. The Hall–Kier alpha value is -3.02. The van der Waals surface area contributed by atoms with E-state index < -0.39 is 55.7 Å². The second kappa shape index (κ2) is 15.3. The number of hydrogen-bond acceptors (Lipinski definition) is 8. The lowest BCUT2D eigenvalue weighted by Crippen LogP contribution is -2.47. The average Bonchev–Trinajstić information content (AvgIpc) is 2.98. The van der Waals surface area contributed by atoms with Crippen LogP contribution in [0.1, 0.15) is 36.8 Å². The summed E-state index contributed by atoms with van der Waals surface area (Å²) in [4.78, 5) is 22.5. The van der Waals surface area contributed by atoms with Crippen LogP contribution in [0, 0.1) is 37.3 Å². The number of aliphatic carboxylic acids is 2. The molecule has 12 nitrogen and oxygen atoms in total. The van der Waals surface area contributed by atoms with E-state index >= 15 is 0 Å². The molecule has 0 aliphatic carbocycles. The number of halogens is 2. The van der Waals surface area contributed by atoms with Gasteiger partial charge in [0.1, 0.15) is 23.7 Å². The summed E-state index contributed by atoms with van der Waals surface area (Å²) in [5.74, 6) is -4.15. The molecule has 0 bridgehead atoms. The van der Waals surface area contributed by atoms with Gasteiger partial charge in [0.25, 0.3) is 0 Å². The van der Waals surface area contributed by atoms with Gasteiger partial charge < -0.3 is 19.7 Å². The molecule has 0 amide bonds. The molecule has 2 atom stereocenters. The maximum absolute atomic E-state index is 13.2. The number of carboxylic acids is 2. The molecule has 0 spiro atoms.